The summed E-state index contributed by atoms with van der Waals surface area (Å²) in [6.45, 7) is 4.35. The number of anilines is 1. The van der Waals surface area contributed by atoms with E-state index in [1.54, 1.807) is 6.33 Å². The number of hydrogen-bond donors (Lipinski definition) is 0. The maximum absolute atomic E-state index is 5.70. The van der Waals surface area contributed by atoms with E-state index in [1.165, 1.54) is 25.7 Å². The van der Waals surface area contributed by atoms with Crippen molar-refractivity contribution in [1.29, 1.82) is 0 Å². The van der Waals surface area contributed by atoms with Gasteiger partial charge in [-0.05, 0) is 49.4 Å². The van der Waals surface area contributed by atoms with E-state index in [4.69, 9.17) is 4.42 Å². The van der Waals surface area contributed by atoms with E-state index in [0.29, 0.717) is 5.71 Å². The number of fused-ring (bicyclic) bond motifs is 3. The molecule has 0 spiro atoms. The number of aryl methyl sites for hydroxylation is 1. The Morgan fingerprint density at radius 3 is 2.41 bits per heavy atom. The van der Waals surface area contributed by atoms with Crippen LogP contribution in [0.2, 0.25) is 0 Å². The summed E-state index contributed by atoms with van der Waals surface area (Å²) >= 11 is 0. The fraction of sp³-hybridized carbons (Fsp3) is 0.706. The standard InChI is InChI=1S/C17H22N4O/c1-2-14-20-15-16(18-9-19-17(15)22-14)21-7-12-10-3-4-11(6-5-10)13(12)8-21/h9-13H,2-8H2,1H3/t10?,11?,12-,13+. The minimum absolute atomic E-state index is 0.639. The van der Waals surface area contributed by atoms with E-state index in [-0.39, 0.29) is 0 Å². The number of oxazole rings is 1. The molecule has 0 radical (unpaired) electrons. The van der Waals surface area contributed by atoms with Crippen LogP contribution in [0.15, 0.2) is 10.7 Å². The molecule has 0 amide bonds. The average molecular weight is 298 g/mol. The van der Waals surface area contributed by atoms with Gasteiger partial charge in [-0.1, -0.05) is 6.92 Å². The average Bonchev–Trinajstić information content (AvgIpc) is 3.20. The Morgan fingerprint density at radius 2 is 1.77 bits per heavy atom. The number of nitrogens with zero attached hydrogens (tertiary/aromatic N) is 4. The highest BCUT2D eigenvalue weighted by Gasteiger charge is 2.48. The molecule has 2 bridgehead atoms. The zero-order valence-electron chi connectivity index (χ0n) is 13.0. The van der Waals surface area contributed by atoms with E-state index in [0.717, 1.165) is 60.4 Å². The van der Waals surface area contributed by atoms with Crippen molar-refractivity contribution >= 4 is 17.0 Å². The van der Waals surface area contributed by atoms with Crippen LogP contribution in [0.25, 0.3) is 11.2 Å². The maximum atomic E-state index is 5.70. The Kier molecular flexibility index (Phi) is 2.73. The summed E-state index contributed by atoms with van der Waals surface area (Å²) < 4.78 is 5.70. The Labute approximate surface area is 130 Å². The van der Waals surface area contributed by atoms with Gasteiger partial charge in [0.1, 0.15) is 6.33 Å². The van der Waals surface area contributed by atoms with Gasteiger partial charge in [-0.3, -0.25) is 0 Å². The zero-order valence-corrected chi connectivity index (χ0v) is 13.0. The lowest BCUT2D eigenvalue weighted by atomic mass is 9.60. The van der Waals surface area contributed by atoms with Crippen LogP contribution in [0.5, 0.6) is 0 Å². The first kappa shape index (κ1) is 12.9. The fourth-order valence-corrected chi connectivity index (χ4v) is 5.19. The van der Waals surface area contributed by atoms with Crippen molar-refractivity contribution in [3.8, 4) is 0 Å². The van der Waals surface area contributed by atoms with Crippen molar-refractivity contribution in [3.05, 3.63) is 12.2 Å². The summed E-state index contributed by atoms with van der Waals surface area (Å²) in [5.74, 6) is 5.38. The molecule has 4 aliphatic rings. The molecule has 0 N–H and O–H groups in total. The third-order valence-electron chi connectivity index (χ3n) is 6.26. The Balaban J connectivity index is 1.52. The van der Waals surface area contributed by atoms with Gasteiger partial charge >= 0.3 is 0 Å². The predicted molar refractivity (Wildman–Crippen MR) is 83.6 cm³/mol. The van der Waals surface area contributed by atoms with Gasteiger partial charge in [-0.15, -0.1) is 0 Å². The monoisotopic (exact) mass is 298 g/mol. The molecule has 4 fully saturated rings. The van der Waals surface area contributed by atoms with E-state index in [2.05, 4.69) is 26.8 Å². The highest BCUT2D eigenvalue weighted by Crippen LogP contribution is 2.52. The van der Waals surface area contributed by atoms with Crippen LogP contribution in [-0.2, 0) is 6.42 Å². The SMILES string of the molecule is CCc1nc2c(N3C[C@@H]4C5CCC(CC5)[C@@H]4C3)ncnc2o1. The molecular formula is C17H22N4O. The predicted octanol–water partition coefficient (Wildman–Crippen LogP) is 3.05. The molecule has 1 aliphatic heterocycles. The molecule has 2 atom stereocenters. The summed E-state index contributed by atoms with van der Waals surface area (Å²) in [5.41, 5.74) is 1.49. The van der Waals surface area contributed by atoms with Gasteiger partial charge in [-0.25, -0.2) is 9.97 Å². The second-order valence-corrected chi connectivity index (χ2v) is 7.22. The molecule has 5 nitrogen and oxygen atoms in total. The van der Waals surface area contributed by atoms with E-state index in [9.17, 15) is 0 Å². The van der Waals surface area contributed by atoms with Gasteiger partial charge < -0.3 is 9.32 Å². The lowest BCUT2D eigenvalue weighted by molar-refractivity contribution is 0.0577. The van der Waals surface area contributed by atoms with Gasteiger partial charge in [0.2, 0.25) is 0 Å². The summed E-state index contributed by atoms with van der Waals surface area (Å²) in [5, 5.41) is 0. The third-order valence-corrected chi connectivity index (χ3v) is 6.26. The number of rotatable bonds is 2. The highest BCUT2D eigenvalue weighted by molar-refractivity contribution is 5.81. The van der Waals surface area contributed by atoms with E-state index < -0.39 is 0 Å². The van der Waals surface area contributed by atoms with Crippen LogP contribution >= 0.6 is 0 Å². The molecule has 116 valence electrons. The van der Waals surface area contributed by atoms with Crippen molar-refractivity contribution in [2.75, 3.05) is 18.0 Å². The lowest BCUT2D eigenvalue weighted by Gasteiger charge is -2.44. The first-order valence-corrected chi connectivity index (χ1v) is 8.69. The molecule has 0 unspecified atom stereocenters. The molecule has 22 heavy (non-hydrogen) atoms. The lowest BCUT2D eigenvalue weighted by Crippen LogP contribution is -2.38. The smallest absolute Gasteiger partial charge is 0.252 e. The first-order chi connectivity index (χ1) is 10.8. The molecule has 5 heteroatoms. The van der Waals surface area contributed by atoms with E-state index in [1.807, 2.05) is 0 Å². The molecule has 0 aromatic carbocycles. The Morgan fingerprint density at radius 1 is 1.09 bits per heavy atom. The van der Waals surface area contributed by atoms with Crippen LogP contribution in [-0.4, -0.2) is 28.0 Å². The zero-order chi connectivity index (χ0) is 14.7. The van der Waals surface area contributed by atoms with Crippen LogP contribution < -0.4 is 4.90 Å². The van der Waals surface area contributed by atoms with Gasteiger partial charge in [0.25, 0.3) is 5.71 Å². The Hall–Kier alpha value is -1.65. The Bertz CT molecular complexity index is 684. The second kappa shape index (κ2) is 4.67. The largest absolute Gasteiger partial charge is 0.422 e. The van der Waals surface area contributed by atoms with Crippen molar-refractivity contribution in [2.24, 2.45) is 23.7 Å². The molecule has 3 aliphatic carbocycles. The van der Waals surface area contributed by atoms with Crippen LogP contribution in [0.4, 0.5) is 5.82 Å². The quantitative estimate of drug-likeness (QED) is 0.853. The maximum Gasteiger partial charge on any atom is 0.252 e. The second-order valence-electron chi connectivity index (χ2n) is 7.22. The first-order valence-electron chi connectivity index (χ1n) is 8.69. The van der Waals surface area contributed by atoms with Crippen LogP contribution in [0.1, 0.15) is 38.5 Å². The van der Waals surface area contributed by atoms with Gasteiger partial charge in [0, 0.05) is 19.5 Å². The van der Waals surface area contributed by atoms with Crippen LogP contribution in [0, 0.1) is 23.7 Å². The van der Waals surface area contributed by atoms with Crippen LogP contribution in [0.3, 0.4) is 0 Å². The molecule has 3 saturated carbocycles. The molecule has 2 aromatic rings. The molecule has 2 aromatic heterocycles. The minimum atomic E-state index is 0.639. The van der Waals surface area contributed by atoms with Gasteiger partial charge in [-0.2, -0.15) is 4.98 Å². The summed E-state index contributed by atoms with van der Waals surface area (Å²) in [6.07, 6.45) is 8.21. The van der Waals surface area contributed by atoms with Crippen molar-refractivity contribution in [1.82, 2.24) is 15.0 Å². The number of hydrogen-bond acceptors (Lipinski definition) is 5. The number of aromatic nitrogens is 3. The molecule has 1 saturated heterocycles. The van der Waals surface area contributed by atoms with Gasteiger partial charge in [0.15, 0.2) is 17.2 Å². The highest BCUT2D eigenvalue weighted by atomic mass is 16.4. The van der Waals surface area contributed by atoms with Crippen molar-refractivity contribution in [2.45, 2.75) is 39.0 Å². The molecule has 3 heterocycles. The fourth-order valence-electron chi connectivity index (χ4n) is 5.19. The van der Waals surface area contributed by atoms with E-state index >= 15 is 0 Å². The topological polar surface area (TPSA) is 55.1 Å². The van der Waals surface area contributed by atoms with Gasteiger partial charge in [0.05, 0.1) is 0 Å². The van der Waals surface area contributed by atoms with Crippen molar-refractivity contribution in [3.63, 3.8) is 0 Å². The summed E-state index contributed by atoms with van der Waals surface area (Å²) in [4.78, 5) is 15.9. The summed E-state index contributed by atoms with van der Waals surface area (Å²) in [7, 11) is 0. The molecular weight excluding hydrogens is 276 g/mol. The third kappa shape index (κ3) is 1.74. The summed E-state index contributed by atoms with van der Waals surface area (Å²) in [6, 6.07) is 0. The minimum Gasteiger partial charge on any atom is -0.422 e. The molecule has 6 rings (SSSR count). The van der Waals surface area contributed by atoms with Crippen molar-refractivity contribution < 1.29 is 4.42 Å². The normalized spacial score (nSPS) is 33.6.